The van der Waals surface area contributed by atoms with Crippen LogP contribution < -0.4 is 5.32 Å². The smallest absolute Gasteiger partial charge is 0.410 e. The second-order valence-corrected chi connectivity index (χ2v) is 11.4. The molecule has 0 saturated heterocycles. The van der Waals surface area contributed by atoms with E-state index >= 15 is 0 Å². The number of hydrogen-bond donors (Lipinski definition) is 2. The summed E-state index contributed by atoms with van der Waals surface area (Å²) in [6, 6.07) is 3.31. The number of amides is 1. The lowest BCUT2D eigenvalue weighted by molar-refractivity contribution is 0.209. The second kappa shape index (κ2) is 6.11. The molecule has 2 N–H and O–H groups in total. The number of rotatable bonds is 4. The first-order chi connectivity index (χ1) is 9.01. The average molecular weight is 317 g/mol. The molecule has 0 bridgehead atoms. The summed E-state index contributed by atoms with van der Waals surface area (Å²) < 4.78 is 6.07. The van der Waals surface area contributed by atoms with Gasteiger partial charge in [-0.2, -0.15) is 0 Å². The average Bonchev–Trinajstić information content (AvgIpc) is 2.23. The number of halogens is 1. The number of anilines is 1. The zero-order chi connectivity index (χ0) is 15.6. The summed E-state index contributed by atoms with van der Waals surface area (Å²) in [6.45, 7) is 11.2. The van der Waals surface area contributed by atoms with Crippen LogP contribution in [0.1, 0.15) is 26.3 Å². The van der Waals surface area contributed by atoms with E-state index in [1.165, 1.54) is 0 Å². The molecular formula is C13H21ClN2O3Si. The van der Waals surface area contributed by atoms with Crippen molar-refractivity contribution in [2.75, 3.05) is 5.32 Å². The molecule has 0 saturated carbocycles. The van der Waals surface area contributed by atoms with Gasteiger partial charge in [0.2, 0.25) is 0 Å². The molecule has 0 aliphatic rings. The molecule has 7 heteroatoms. The minimum Gasteiger partial charge on any atom is -0.465 e. The van der Waals surface area contributed by atoms with E-state index in [9.17, 15) is 4.79 Å². The molecule has 5 nitrogen and oxygen atoms in total. The van der Waals surface area contributed by atoms with Crippen LogP contribution in [0.2, 0.25) is 23.3 Å². The number of nitrogens with zero attached hydrogens (tertiary/aromatic N) is 1. The van der Waals surface area contributed by atoms with E-state index in [0.29, 0.717) is 6.61 Å². The van der Waals surface area contributed by atoms with Crippen molar-refractivity contribution < 1.29 is 14.3 Å². The fourth-order valence-corrected chi connectivity index (χ4v) is 2.48. The van der Waals surface area contributed by atoms with Gasteiger partial charge >= 0.3 is 6.09 Å². The molecular weight excluding hydrogens is 296 g/mol. The minimum atomic E-state index is -1.85. The van der Waals surface area contributed by atoms with Crippen molar-refractivity contribution in [1.82, 2.24) is 4.98 Å². The van der Waals surface area contributed by atoms with Crippen molar-refractivity contribution in [2.24, 2.45) is 0 Å². The Balaban J connectivity index is 2.83. The Labute approximate surface area is 125 Å². The molecule has 112 valence electrons. The van der Waals surface area contributed by atoms with Crippen LogP contribution in [0.25, 0.3) is 0 Å². The number of hydrogen-bond acceptors (Lipinski definition) is 3. The van der Waals surface area contributed by atoms with Gasteiger partial charge in [-0.25, -0.2) is 9.78 Å². The Morgan fingerprint density at radius 1 is 1.45 bits per heavy atom. The van der Waals surface area contributed by atoms with Gasteiger partial charge in [0.25, 0.3) is 0 Å². The summed E-state index contributed by atoms with van der Waals surface area (Å²) >= 11 is 5.89. The molecule has 0 atom stereocenters. The summed E-state index contributed by atoms with van der Waals surface area (Å²) in [7, 11) is -1.85. The van der Waals surface area contributed by atoms with E-state index in [4.69, 9.17) is 21.1 Å². The third-order valence-corrected chi connectivity index (χ3v) is 8.17. The van der Waals surface area contributed by atoms with Gasteiger partial charge < -0.3 is 9.53 Å². The monoisotopic (exact) mass is 316 g/mol. The van der Waals surface area contributed by atoms with Crippen molar-refractivity contribution in [1.29, 1.82) is 0 Å². The van der Waals surface area contributed by atoms with Gasteiger partial charge in [0.1, 0.15) is 11.0 Å². The van der Waals surface area contributed by atoms with Crippen molar-refractivity contribution in [3.63, 3.8) is 0 Å². The fourth-order valence-electron chi connectivity index (χ4n) is 1.29. The Morgan fingerprint density at radius 2 is 2.05 bits per heavy atom. The SMILES string of the molecule is CC(C)(C)[Si](C)(C)OCc1cc(Cl)nc(NC(=O)O)c1. The Kier molecular flexibility index (Phi) is 5.18. The van der Waals surface area contributed by atoms with Gasteiger partial charge in [-0.3, -0.25) is 5.32 Å². The lowest BCUT2D eigenvalue weighted by atomic mass is 10.2. The minimum absolute atomic E-state index is 0.117. The molecule has 1 rings (SSSR count). The molecule has 0 aromatic carbocycles. The highest BCUT2D eigenvalue weighted by molar-refractivity contribution is 6.74. The van der Waals surface area contributed by atoms with Crippen molar-refractivity contribution in [3.05, 3.63) is 22.8 Å². The maximum atomic E-state index is 10.6. The Hall–Kier alpha value is -1.11. The molecule has 1 heterocycles. The van der Waals surface area contributed by atoms with Crippen LogP contribution in [0.4, 0.5) is 10.6 Å². The lowest BCUT2D eigenvalue weighted by Crippen LogP contribution is -2.40. The normalized spacial score (nSPS) is 12.3. The quantitative estimate of drug-likeness (QED) is 0.640. The highest BCUT2D eigenvalue weighted by Gasteiger charge is 2.37. The number of nitrogens with one attached hydrogen (secondary N) is 1. The van der Waals surface area contributed by atoms with Gasteiger partial charge in [0.15, 0.2) is 8.32 Å². The van der Waals surface area contributed by atoms with Crippen LogP contribution in [-0.4, -0.2) is 24.5 Å². The topological polar surface area (TPSA) is 71.5 Å². The summed E-state index contributed by atoms with van der Waals surface area (Å²) in [5.41, 5.74) is 0.804. The first-order valence-electron chi connectivity index (χ1n) is 6.31. The Morgan fingerprint density at radius 3 is 2.55 bits per heavy atom. The molecule has 0 fully saturated rings. The molecule has 0 radical (unpaired) electrons. The molecule has 1 amide bonds. The van der Waals surface area contributed by atoms with E-state index < -0.39 is 14.4 Å². The number of carboxylic acid groups (broad SMARTS) is 1. The molecule has 20 heavy (non-hydrogen) atoms. The van der Waals surface area contributed by atoms with Crippen LogP contribution in [0.3, 0.4) is 0 Å². The first-order valence-corrected chi connectivity index (χ1v) is 9.60. The van der Waals surface area contributed by atoms with E-state index in [1.807, 2.05) is 0 Å². The van der Waals surface area contributed by atoms with Crippen LogP contribution in [0.15, 0.2) is 12.1 Å². The zero-order valence-corrected chi connectivity index (χ0v) is 14.2. The number of pyridine rings is 1. The van der Waals surface area contributed by atoms with Gasteiger partial charge in [0, 0.05) is 0 Å². The highest BCUT2D eigenvalue weighted by atomic mass is 35.5. The molecule has 0 aliphatic carbocycles. The third-order valence-electron chi connectivity index (χ3n) is 3.49. The van der Waals surface area contributed by atoms with Crippen LogP contribution >= 0.6 is 11.6 Å². The zero-order valence-electron chi connectivity index (χ0n) is 12.5. The summed E-state index contributed by atoms with van der Waals surface area (Å²) in [4.78, 5) is 14.5. The van der Waals surface area contributed by atoms with Gasteiger partial charge in [-0.05, 0) is 35.8 Å². The highest BCUT2D eigenvalue weighted by Crippen LogP contribution is 2.37. The van der Waals surface area contributed by atoms with E-state index in [-0.39, 0.29) is 16.0 Å². The molecule has 1 aromatic heterocycles. The van der Waals surface area contributed by atoms with E-state index in [0.717, 1.165) is 5.56 Å². The molecule has 0 spiro atoms. The Bertz CT molecular complexity index is 501. The van der Waals surface area contributed by atoms with Crippen LogP contribution in [0.5, 0.6) is 0 Å². The predicted octanol–water partition coefficient (Wildman–Crippen LogP) is 4.35. The fraction of sp³-hybridized carbons (Fsp3) is 0.538. The standard InChI is InChI=1S/C13H21ClN2O3Si/c1-13(2,3)20(4,5)19-8-9-6-10(14)15-11(7-9)16-12(17)18/h6-7H,8H2,1-5H3,(H,15,16)(H,17,18). The van der Waals surface area contributed by atoms with Gasteiger partial charge in [-0.15, -0.1) is 0 Å². The van der Waals surface area contributed by atoms with Crippen LogP contribution in [-0.2, 0) is 11.0 Å². The number of carbonyl (C=O) groups is 1. The maximum Gasteiger partial charge on any atom is 0.410 e. The largest absolute Gasteiger partial charge is 0.465 e. The third kappa shape index (κ3) is 4.77. The van der Waals surface area contributed by atoms with Crippen molar-refractivity contribution >= 4 is 31.8 Å². The molecule has 0 unspecified atom stereocenters. The summed E-state index contributed by atoms with van der Waals surface area (Å²) in [5, 5.41) is 11.2. The molecule has 0 aliphatic heterocycles. The van der Waals surface area contributed by atoms with Crippen molar-refractivity contribution in [3.8, 4) is 0 Å². The predicted molar refractivity (Wildman–Crippen MR) is 82.9 cm³/mol. The van der Waals surface area contributed by atoms with Crippen molar-refractivity contribution in [2.45, 2.75) is 45.5 Å². The second-order valence-electron chi connectivity index (χ2n) is 6.16. The lowest BCUT2D eigenvalue weighted by Gasteiger charge is -2.36. The van der Waals surface area contributed by atoms with E-state index in [2.05, 4.69) is 44.2 Å². The van der Waals surface area contributed by atoms with E-state index in [1.54, 1.807) is 12.1 Å². The molecule has 1 aromatic rings. The maximum absolute atomic E-state index is 10.6. The summed E-state index contributed by atoms with van der Waals surface area (Å²) in [5.74, 6) is 0.207. The number of aromatic nitrogens is 1. The van der Waals surface area contributed by atoms with Gasteiger partial charge in [-0.1, -0.05) is 32.4 Å². The van der Waals surface area contributed by atoms with Crippen LogP contribution in [0, 0.1) is 0 Å². The first kappa shape index (κ1) is 16.9. The summed E-state index contributed by atoms with van der Waals surface area (Å²) in [6.07, 6.45) is -1.17. The van der Waals surface area contributed by atoms with Gasteiger partial charge in [0.05, 0.1) is 6.61 Å².